The third kappa shape index (κ3) is 3.13. The number of phenolic OH excluding ortho intramolecular Hbond substituents is 2. The molecule has 15 heavy (non-hydrogen) atoms. The molecule has 0 amide bonds. The Morgan fingerprint density at radius 3 is 2.47 bits per heavy atom. The number of benzene rings is 1. The summed E-state index contributed by atoms with van der Waals surface area (Å²) in [4.78, 5) is 0. The van der Waals surface area contributed by atoms with Crippen LogP contribution in [0.5, 0.6) is 11.5 Å². The van der Waals surface area contributed by atoms with Gasteiger partial charge in [0.1, 0.15) is 0 Å². The van der Waals surface area contributed by atoms with Gasteiger partial charge in [-0.15, -0.1) is 0 Å². The maximum Gasteiger partial charge on any atom is 0.161 e. The van der Waals surface area contributed by atoms with Gasteiger partial charge in [-0.3, -0.25) is 0 Å². The Morgan fingerprint density at radius 2 is 1.87 bits per heavy atom. The first-order valence-corrected chi connectivity index (χ1v) is 5.25. The first kappa shape index (κ1) is 11.9. The summed E-state index contributed by atoms with van der Waals surface area (Å²) < 4.78 is 0. The van der Waals surface area contributed by atoms with E-state index in [0.717, 1.165) is 5.56 Å². The summed E-state index contributed by atoms with van der Waals surface area (Å²) in [5.41, 5.74) is 0.725. The van der Waals surface area contributed by atoms with Gasteiger partial charge in [0, 0.05) is 18.2 Å². The van der Waals surface area contributed by atoms with Crippen molar-refractivity contribution in [1.82, 2.24) is 5.32 Å². The van der Waals surface area contributed by atoms with Crippen LogP contribution in [-0.4, -0.2) is 16.3 Å². The van der Waals surface area contributed by atoms with E-state index < -0.39 is 0 Å². The molecule has 0 aliphatic rings. The molecule has 0 heterocycles. The van der Waals surface area contributed by atoms with Crippen molar-refractivity contribution in [3.05, 3.63) is 23.8 Å². The highest BCUT2D eigenvalue weighted by atomic mass is 16.3. The van der Waals surface area contributed by atoms with Crippen LogP contribution in [0, 0.1) is 5.92 Å². The average molecular weight is 209 g/mol. The number of phenols is 2. The van der Waals surface area contributed by atoms with Gasteiger partial charge in [-0.2, -0.15) is 0 Å². The van der Waals surface area contributed by atoms with Gasteiger partial charge in [0.25, 0.3) is 0 Å². The summed E-state index contributed by atoms with van der Waals surface area (Å²) >= 11 is 0. The third-order valence-electron chi connectivity index (χ3n) is 2.71. The molecule has 1 aromatic carbocycles. The Morgan fingerprint density at radius 1 is 1.20 bits per heavy atom. The lowest BCUT2D eigenvalue weighted by molar-refractivity contribution is 0.388. The largest absolute Gasteiger partial charge is 0.504 e. The van der Waals surface area contributed by atoms with Gasteiger partial charge < -0.3 is 15.5 Å². The van der Waals surface area contributed by atoms with E-state index in [1.54, 1.807) is 12.1 Å². The number of hydrogen-bond acceptors (Lipinski definition) is 3. The number of rotatable bonds is 4. The fourth-order valence-corrected chi connectivity index (χ4v) is 1.23. The fourth-order valence-electron chi connectivity index (χ4n) is 1.23. The zero-order valence-corrected chi connectivity index (χ0v) is 9.49. The monoisotopic (exact) mass is 209 g/mol. The van der Waals surface area contributed by atoms with Crippen LogP contribution in [0.2, 0.25) is 0 Å². The molecular formula is C12H19NO2. The van der Waals surface area contributed by atoms with Crippen LogP contribution in [0.15, 0.2) is 18.2 Å². The summed E-state index contributed by atoms with van der Waals surface area (Å²) in [5.74, 6) is 0.455. The van der Waals surface area contributed by atoms with E-state index in [2.05, 4.69) is 26.1 Å². The predicted octanol–water partition coefficient (Wildman–Crippen LogP) is 2.23. The minimum absolute atomic E-state index is 0.0269. The lowest BCUT2D eigenvalue weighted by Crippen LogP contribution is -2.30. The van der Waals surface area contributed by atoms with E-state index in [-0.39, 0.29) is 11.5 Å². The van der Waals surface area contributed by atoms with E-state index >= 15 is 0 Å². The van der Waals surface area contributed by atoms with Crippen LogP contribution < -0.4 is 5.32 Å². The maximum absolute atomic E-state index is 9.56. The Bertz CT molecular complexity index is 323. The van der Waals surface area contributed by atoms with E-state index in [4.69, 9.17) is 0 Å². The molecule has 3 heteroatoms. The summed E-state index contributed by atoms with van der Waals surface area (Å²) in [5, 5.41) is 22.2. The third-order valence-corrected chi connectivity index (χ3v) is 2.71. The van der Waals surface area contributed by atoms with Crippen molar-refractivity contribution in [3.8, 4) is 11.5 Å². The Labute approximate surface area is 90.8 Å². The molecule has 0 spiro atoms. The molecule has 0 bridgehead atoms. The van der Waals surface area contributed by atoms with E-state index in [0.29, 0.717) is 18.5 Å². The molecule has 3 N–H and O–H groups in total. The smallest absolute Gasteiger partial charge is 0.161 e. The van der Waals surface area contributed by atoms with Crippen molar-refractivity contribution in [3.63, 3.8) is 0 Å². The van der Waals surface area contributed by atoms with E-state index in [9.17, 15) is 10.2 Å². The molecule has 0 saturated carbocycles. The molecule has 0 aliphatic carbocycles. The summed E-state index contributed by atoms with van der Waals surface area (Å²) in [6.07, 6.45) is 0. The quantitative estimate of drug-likeness (QED) is 0.666. The summed E-state index contributed by atoms with van der Waals surface area (Å²) in [7, 11) is 0. The van der Waals surface area contributed by atoms with Crippen LogP contribution in [0.25, 0.3) is 0 Å². The minimum atomic E-state index is -0.0634. The first-order chi connectivity index (χ1) is 7.02. The van der Waals surface area contributed by atoms with Crippen molar-refractivity contribution in [2.45, 2.75) is 33.4 Å². The second-order valence-electron chi connectivity index (χ2n) is 4.20. The van der Waals surface area contributed by atoms with Gasteiger partial charge in [0.15, 0.2) is 11.5 Å². The fraction of sp³-hybridized carbons (Fsp3) is 0.500. The summed E-state index contributed by atoms with van der Waals surface area (Å²) in [6, 6.07) is 5.39. The zero-order chi connectivity index (χ0) is 11.4. The van der Waals surface area contributed by atoms with E-state index in [1.807, 2.05) is 0 Å². The molecule has 1 rings (SSSR count). The molecule has 1 unspecified atom stereocenters. The molecule has 0 saturated heterocycles. The molecule has 1 aromatic rings. The number of nitrogens with one attached hydrogen (secondary N) is 1. The predicted molar refractivity (Wildman–Crippen MR) is 60.9 cm³/mol. The molecule has 0 aliphatic heterocycles. The highest BCUT2D eigenvalue weighted by Gasteiger charge is 2.09. The second kappa shape index (κ2) is 5.03. The van der Waals surface area contributed by atoms with Crippen molar-refractivity contribution in [2.75, 3.05) is 0 Å². The van der Waals surface area contributed by atoms with Gasteiger partial charge in [-0.05, 0) is 18.9 Å². The SMILES string of the molecule is CC(C)C(C)NCc1cccc(O)c1O. The number of hydrogen-bond donors (Lipinski definition) is 3. The van der Waals surface area contributed by atoms with Crippen LogP contribution in [0.4, 0.5) is 0 Å². The first-order valence-electron chi connectivity index (χ1n) is 5.25. The Balaban J connectivity index is 2.62. The highest BCUT2D eigenvalue weighted by Crippen LogP contribution is 2.28. The second-order valence-corrected chi connectivity index (χ2v) is 4.20. The van der Waals surface area contributed by atoms with Gasteiger partial charge in [0.2, 0.25) is 0 Å². The van der Waals surface area contributed by atoms with Crippen molar-refractivity contribution >= 4 is 0 Å². The van der Waals surface area contributed by atoms with Gasteiger partial charge >= 0.3 is 0 Å². The van der Waals surface area contributed by atoms with Crippen molar-refractivity contribution < 1.29 is 10.2 Å². The molecular weight excluding hydrogens is 190 g/mol. The maximum atomic E-state index is 9.56. The van der Waals surface area contributed by atoms with Crippen molar-refractivity contribution in [1.29, 1.82) is 0 Å². The number of aromatic hydroxyl groups is 2. The average Bonchev–Trinajstić information content (AvgIpc) is 2.19. The molecule has 0 aromatic heterocycles. The van der Waals surface area contributed by atoms with Crippen LogP contribution >= 0.6 is 0 Å². The normalized spacial score (nSPS) is 13.1. The summed E-state index contributed by atoms with van der Waals surface area (Å²) in [6.45, 7) is 6.95. The van der Waals surface area contributed by atoms with Gasteiger partial charge in [0.05, 0.1) is 0 Å². The van der Waals surface area contributed by atoms with Crippen LogP contribution in [0.1, 0.15) is 26.3 Å². The molecule has 0 radical (unpaired) electrons. The Hall–Kier alpha value is -1.22. The van der Waals surface area contributed by atoms with Crippen molar-refractivity contribution in [2.24, 2.45) is 5.92 Å². The molecule has 3 nitrogen and oxygen atoms in total. The molecule has 0 fully saturated rings. The standard InChI is InChI=1S/C12H19NO2/c1-8(2)9(3)13-7-10-5-4-6-11(14)12(10)15/h4-6,8-9,13-15H,7H2,1-3H3. The van der Waals surface area contributed by atoms with E-state index in [1.165, 1.54) is 6.07 Å². The van der Waals surface area contributed by atoms with Gasteiger partial charge in [-0.25, -0.2) is 0 Å². The Kier molecular flexibility index (Phi) is 3.97. The lowest BCUT2D eigenvalue weighted by atomic mass is 10.1. The lowest BCUT2D eigenvalue weighted by Gasteiger charge is -2.17. The van der Waals surface area contributed by atoms with Crippen LogP contribution in [-0.2, 0) is 6.54 Å². The number of para-hydroxylation sites is 1. The zero-order valence-electron chi connectivity index (χ0n) is 9.49. The molecule has 84 valence electrons. The minimum Gasteiger partial charge on any atom is -0.504 e. The van der Waals surface area contributed by atoms with Crippen LogP contribution in [0.3, 0.4) is 0 Å². The topological polar surface area (TPSA) is 52.5 Å². The highest BCUT2D eigenvalue weighted by molar-refractivity contribution is 5.44. The molecule has 1 atom stereocenters. The van der Waals surface area contributed by atoms with Gasteiger partial charge in [-0.1, -0.05) is 26.0 Å².